The van der Waals surface area contributed by atoms with Crippen molar-refractivity contribution in [2.45, 2.75) is 18.9 Å². The Morgan fingerprint density at radius 3 is 2.60 bits per heavy atom. The van der Waals surface area contributed by atoms with Crippen molar-refractivity contribution in [1.82, 2.24) is 0 Å². The number of hydrogen-bond acceptors (Lipinski definition) is 2. The maximum absolute atomic E-state index is 13.9. The molecule has 0 aliphatic heterocycles. The van der Waals surface area contributed by atoms with Gasteiger partial charge in [-0.2, -0.15) is 0 Å². The van der Waals surface area contributed by atoms with Gasteiger partial charge in [0.15, 0.2) is 0 Å². The summed E-state index contributed by atoms with van der Waals surface area (Å²) in [5, 5.41) is 13.8. The van der Waals surface area contributed by atoms with Crippen molar-refractivity contribution in [1.29, 1.82) is 0 Å². The summed E-state index contributed by atoms with van der Waals surface area (Å²) >= 11 is 1.65. The number of thiophene rings is 1. The van der Waals surface area contributed by atoms with Crippen LogP contribution >= 0.6 is 11.3 Å². The molecule has 0 bridgehead atoms. The van der Waals surface area contributed by atoms with Crippen LogP contribution in [0.1, 0.15) is 18.1 Å². The van der Waals surface area contributed by atoms with Crippen molar-refractivity contribution < 1.29 is 9.50 Å². The van der Waals surface area contributed by atoms with E-state index in [-0.39, 0.29) is 5.82 Å². The highest BCUT2D eigenvalue weighted by molar-refractivity contribution is 7.17. The van der Waals surface area contributed by atoms with Gasteiger partial charge in [-0.3, -0.25) is 0 Å². The highest BCUT2D eigenvalue weighted by Crippen LogP contribution is 2.33. The molecular formula is C17H15FOS. The molecule has 0 aliphatic rings. The molecule has 0 fully saturated rings. The lowest BCUT2D eigenvalue weighted by atomic mass is 9.88. The van der Waals surface area contributed by atoms with Crippen LogP contribution in [-0.4, -0.2) is 5.11 Å². The first-order valence-electron chi connectivity index (χ1n) is 6.50. The molecule has 0 aliphatic carbocycles. The van der Waals surface area contributed by atoms with Gasteiger partial charge in [0.1, 0.15) is 5.82 Å². The summed E-state index contributed by atoms with van der Waals surface area (Å²) in [6.45, 7) is 1.66. The van der Waals surface area contributed by atoms with Crippen LogP contribution in [0.25, 0.3) is 10.1 Å². The van der Waals surface area contributed by atoms with Crippen molar-refractivity contribution in [2.75, 3.05) is 0 Å². The topological polar surface area (TPSA) is 20.2 Å². The molecule has 3 heteroatoms. The fourth-order valence-corrected chi connectivity index (χ4v) is 3.50. The molecule has 3 aromatic rings. The molecule has 0 radical (unpaired) electrons. The van der Waals surface area contributed by atoms with E-state index in [1.807, 2.05) is 23.6 Å². The number of rotatable bonds is 3. The minimum atomic E-state index is -1.21. The van der Waals surface area contributed by atoms with Crippen LogP contribution in [0.15, 0.2) is 53.9 Å². The van der Waals surface area contributed by atoms with Gasteiger partial charge in [-0.05, 0) is 35.4 Å². The second-order valence-corrected chi connectivity index (χ2v) is 6.10. The van der Waals surface area contributed by atoms with Crippen molar-refractivity contribution in [3.63, 3.8) is 0 Å². The Kier molecular flexibility index (Phi) is 3.32. The largest absolute Gasteiger partial charge is 0.385 e. The summed E-state index contributed by atoms with van der Waals surface area (Å²) in [5.41, 5.74) is 0.184. The minimum absolute atomic E-state index is 0.343. The van der Waals surface area contributed by atoms with Gasteiger partial charge >= 0.3 is 0 Å². The molecule has 0 saturated carbocycles. The zero-order chi connectivity index (χ0) is 14.2. The van der Waals surface area contributed by atoms with Gasteiger partial charge in [-0.1, -0.05) is 36.4 Å². The van der Waals surface area contributed by atoms with Crippen molar-refractivity contribution >= 4 is 21.4 Å². The molecule has 1 aromatic heterocycles. The lowest BCUT2D eigenvalue weighted by Gasteiger charge is -2.24. The maximum Gasteiger partial charge on any atom is 0.129 e. The first-order chi connectivity index (χ1) is 9.58. The molecule has 1 atom stereocenters. The number of benzene rings is 2. The summed E-state index contributed by atoms with van der Waals surface area (Å²) < 4.78 is 15.1. The zero-order valence-corrected chi connectivity index (χ0v) is 12.0. The highest BCUT2D eigenvalue weighted by Gasteiger charge is 2.27. The number of hydrogen-bond donors (Lipinski definition) is 1. The smallest absolute Gasteiger partial charge is 0.129 e. The summed E-state index contributed by atoms with van der Waals surface area (Å²) in [7, 11) is 0. The quantitative estimate of drug-likeness (QED) is 0.752. The predicted octanol–water partition coefficient (Wildman–Crippen LogP) is 4.49. The number of fused-ring (bicyclic) bond motifs is 1. The molecule has 1 nitrogen and oxygen atoms in total. The third kappa shape index (κ3) is 2.35. The fraction of sp³-hybridized carbons (Fsp3) is 0.176. The van der Waals surface area contributed by atoms with Gasteiger partial charge in [0, 0.05) is 16.7 Å². The molecule has 1 unspecified atom stereocenters. The van der Waals surface area contributed by atoms with E-state index in [9.17, 15) is 9.50 Å². The molecule has 1 N–H and O–H groups in total. The van der Waals surface area contributed by atoms with E-state index < -0.39 is 5.60 Å². The van der Waals surface area contributed by atoms with Crippen molar-refractivity contribution in [2.24, 2.45) is 0 Å². The maximum atomic E-state index is 13.9. The lowest BCUT2D eigenvalue weighted by molar-refractivity contribution is 0.0542. The fourth-order valence-electron chi connectivity index (χ4n) is 2.53. The Balaban J connectivity index is 1.99. The van der Waals surface area contributed by atoms with E-state index in [1.54, 1.807) is 36.5 Å². The molecule has 0 saturated heterocycles. The summed E-state index contributed by atoms with van der Waals surface area (Å²) in [6.07, 6.45) is 0.401. The van der Waals surface area contributed by atoms with E-state index in [1.165, 1.54) is 10.8 Å². The standard InChI is InChI=1S/C17H15FOS/c1-17(19,14-7-3-4-8-15(14)18)10-12-11-20-16-9-5-2-6-13(12)16/h2-9,11,19H,10H2,1H3. The van der Waals surface area contributed by atoms with E-state index in [0.29, 0.717) is 12.0 Å². The van der Waals surface area contributed by atoms with E-state index in [2.05, 4.69) is 6.07 Å². The van der Waals surface area contributed by atoms with Crippen LogP contribution in [0.5, 0.6) is 0 Å². The Hall–Kier alpha value is -1.71. The molecule has 1 heterocycles. The lowest BCUT2D eigenvalue weighted by Crippen LogP contribution is -2.25. The third-order valence-electron chi connectivity index (χ3n) is 3.55. The average molecular weight is 286 g/mol. The van der Waals surface area contributed by atoms with Crippen LogP contribution in [0.2, 0.25) is 0 Å². The predicted molar refractivity (Wildman–Crippen MR) is 81.5 cm³/mol. The van der Waals surface area contributed by atoms with E-state index in [4.69, 9.17) is 0 Å². The second kappa shape index (κ2) is 5.00. The second-order valence-electron chi connectivity index (χ2n) is 5.19. The van der Waals surface area contributed by atoms with Gasteiger partial charge in [0.05, 0.1) is 5.60 Å². The molecule has 102 valence electrons. The summed E-state index contributed by atoms with van der Waals surface area (Å²) in [5.74, 6) is -0.364. The summed E-state index contributed by atoms with van der Waals surface area (Å²) in [4.78, 5) is 0. The average Bonchev–Trinajstić information content (AvgIpc) is 2.82. The van der Waals surface area contributed by atoms with Gasteiger partial charge in [0.2, 0.25) is 0 Å². The van der Waals surface area contributed by atoms with Crippen molar-refractivity contribution in [3.8, 4) is 0 Å². The molecule has 0 amide bonds. The van der Waals surface area contributed by atoms with Gasteiger partial charge < -0.3 is 5.11 Å². The Morgan fingerprint density at radius 1 is 1.10 bits per heavy atom. The van der Waals surface area contributed by atoms with Gasteiger partial charge in [-0.15, -0.1) is 11.3 Å². The Labute approximate surface area is 121 Å². The van der Waals surface area contributed by atoms with Crippen LogP contribution in [-0.2, 0) is 12.0 Å². The number of halogens is 1. The van der Waals surface area contributed by atoms with Crippen LogP contribution in [0, 0.1) is 5.82 Å². The SMILES string of the molecule is CC(O)(Cc1csc2ccccc12)c1ccccc1F. The molecular weight excluding hydrogens is 271 g/mol. The van der Waals surface area contributed by atoms with Gasteiger partial charge in [-0.25, -0.2) is 4.39 Å². The zero-order valence-electron chi connectivity index (χ0n) is 11.1. The normalized spacial score (nSPS) is 14.3. The third-order valence-corrected chi connectivity index (χ3v) is 4.56. The first-order valence-corrected chi connectivity index (χ1v) is 7.38. The molecule has 3 rings (SSSR count). The van der Waals surface area contributed by atoms with Gasteiger partial charge in [0.25, 0.3) is 0 Å². The van der Waals surface area contributed by atoms with E-state index in [0.717, 1.165) is 10.9 Å². The minimum Gasteiger partial charge on any atom is -0.385 e. The van der Waals surface area contributed by atoms with Crippen LogP contribution in [0.3, 0.4) is 0 Å². The first kappa shape index (κ1) is 13.3. The summed E-state index contributed by atoms with van der Waals surface area (Å²) in [6, 6.07) is 14.5. The monoisotopic (exact) mass is 286 g/mol. The Bertz CT molecular complexity index is 745. The van der Waals surface area contributed by atoms with Crippen LogP contribution in [0.4, 0.5) is 4.39 Å². The Morgan fingerprint density at radius 2 is 1.80 bits per heavy atom. The van der Waals surface area contributed by atoms with Crippen LogP contribution < -0.4 is 0 Å². The van der Waals surface area contributed by atoms with E-state index >= 15 is 0 Å². The molecule has 2 aromatic carbocycles. The molecule has 20 heavy (non-hydrogen) atoms. The molecule has 0 spiro atoms. The highest BCUT2D eigenvalue weighted by atomic mass is 32.1. The number of aliphatic hydroxyl groups is 1. The van der Waals surface area contributed by atoms with Crippen molar-refractivity contribution in [3.05, 3.63) is 70.9 Å².